The van der Waals surface area contributed by atoms with Gasteiger partial charge in [-0.25, -0.2) is 13.1 Å². The zero-order valence-electron chi connectivity index (χ0n) is 15.7. The highest BCUT2D eigenvalue weighted by molar-refractivity contribution is 7.89. The molecule has 0 saturated carbocycles. The van der Waals surface area contributed by atoms with Crippen LogP contribution in [0.3, 0.4) is 0 Å². The lowest BCUT2D eigenvalue weighted by molar-refractivity contribution is 0.0724. The fraction of sp³-hybridized carbons (Fsp3) is 0.474. The van der Waals surface area contributed by atoms with Crippen molar-refractivity contribution in [1.82, 2.24) is 14.8 Å². The third kappa shape index (κ3) is 3.96. The van der Waals surface area contributed by atoms with E-state index in [-0.39, 0.29) is 16.9 Å². The number of aromatic nitrogens is 1. The largest absolute Gasteiger partial charge is 0.377 e. The number of ether oxygens (including phenoxy) is 1. The van der Waals surface area contributed by atoms with Gasteiger partial charge in [-0.2, -0.15) is 0 Å². The van der Waals surface area contributed by atoms with Crippen LogP contribution >= 0.6 is 0 Å². The maximum Gasteiger partial charge on any atom is 0.276 e. The van der Waals surface area contributed by atoms with Crippen molar-refractivity contribution in [3.05, 3.63) is 46.8 Å². The minimum atomic E-state index is -3.58. The number of carbonyl (C=O) groups excluding carboxylic acids is 1. The summed E-state index contributed by atoms with van der Waals surface area (Å²) in [7, 11) is -3.58. The summed E-state index contributed by atoms with van der Waals surface area (Å²) < 4.78 is 38.3. The number of nitrogens with zero attached hydrogens (tertiary/aromatic N) is 2. The highest BCUT2D eigenvalue weighted by atomic mass is 32.2. The Bertz CT molecular complexity index is 979. The smallest absolute Gasteiger partial charge is 0.276 e. The van der Waals surface area contributed by atoms with E-state index in [2.05, 4.69) is 9.88 Å². The van der Waals surface area contributed by atoms with Gasteiger partial charge in [-0.15, -0.1) is 0 Å². The summed E-state index contributed by atoms with van der Waals surface area (Å²) in [4.78, 5) is 14.5. The van der Waals surface area contributed by atoms with Gasteiger partial charge in [0.05, 0.1) is 11.0 Å². The molecule has 2 aliphatic heterocycles. The van der Waals surface area contributed by atoms with Crippen LogP contribution in [0.25, 0.3) is 0 Å². The average molecular weight is 405 g/mol. The predicted molar refractivity (Wildman–Crippen MR) is 100 cm³/mol. The number of aryl methyl sites for hydroxylation is 1. The summed E-state index contributed by atoms with van der Waals surface area (Å²) in [6.45, 7) is 3.64. The minimum Gasteiger partial charge on any atom is -0.377 e. The zero-order valence-corrected chi connectivity index (χ0v) is 16.5. The van der Waals surface area contributed by atoms with Crippen molar-refractivity contribution in [2.45, 2.75) is 43.7 Å². The van der Waals surface area contributed by atoms with Crippen molar-refractivity contribution >= 4 is 15.9 Å². The number of carbonyl (C=O) groups is 1. The van der Waals surface area contributed by atoms with Crippen LogP contribution in [0.1, 0.15) is 40.2 Å². The third-order valence-electron chi connectivity index (χ3n) is 5.16. The molecule has 1 aromatic carbocycles. The minimum absolute atomic E-state index is 0.0489. The molecule has 1 atom stereocenters. The Morgan fingerprint density at radius 3 is 2.89 bits per heavy atom. The molecule has 28 heavy (non-hydrogen) atoms. The molecule has 8 nitrogen and oxygen atoms in total. The van der Waals surface area contributed by atoms with Gasteiger partial charge in [-0.3, -0.25) is 4.79 Å². The van der Waals surface area contributed by atoms with Gasteiger partial charge < -0.3 is 14.2 Å². The van der Waals surface area contributed by atoms with Crippen LogP contribution < -0.4 is 4.72 Å². The molecule has 0 aliphatic carbocycles. The van der Waals surface area contributed by atoms with Gasteiger partial charge in [0.2, 0.25) is 10.0 Å². The molecule has 1 aromatic heterocycles. The van der Waals surface area contributed by atoms with Crippen molar-refractivity contribution in [2.24, 2.45) is 0 Å². The molecule has 9 heteroatoms. The maximum absolute atomic E-state index is 12.6. The Balaban J connectivity index is 1.45. The van der Waals surface area contributed by atoms with Gasteiger partial charge in [0, 0.05) is 32.3 Å². The van der Waals surface area contributed by atoms with Crippen molar-refractivity contribution in [3.8, 4) is 0 Å². The van der Waals surface area contributed by atoms with Crippen LogP contribution in [0.4, 0.5) is 0 Å². The van der Waals surface area contributed by atoms with Crippen molar-refractivity contribution < 1.29 is 22.5 Å². The summed E-state index contributed by atoms with van der Waals surface area (Å²) in [5.74, 6) is 0.406. The lowest BCUT2D eigenvalue weighted by Gasteiger charge is -2.28. The Morgan fingerprint density at radius 2 is 2.18 bits per heavy atom. The van der Waals surface area contributed by atoms with E-state index in [1.54, 1.807) is 36.1 Å². The predicted octanol–water partition coefficient (Wildman–Crippen LogP) is 1.64. The van der Waals surface area contributed by atoms with Crippen LogP contribution in [-0.2, 0) is 27.7 Å². The summed E-state index contributed by atoms with van der Waals surface area (Å²) >= 11 is 0. The second-order valence-electron chi connectivity index (χ2n) is 7.22. The van der Waals surface area contributed by atoms with Gasteiger partial charge >= 0.3 is 0 Å². The molecule has 2 aromatic rings. The lowest BCUT2D eigenvalue weighted by Crippen LogP contribution is -2.36. The quantitative estimate of drug-likeness (QED) is 0.811. The summed E-state index contributed by atoms with van der Waals surface area (Å²) in [6.07, 6.45) is 2.38. The van der Waals surface area contributed by atoms with Gasteiger partial charge in [0.15, 0.2) is 5.69 Å². The molecule has 1 amide bonds. The second kappa shape index (κ2) is 7.65. The maximum atomic E-state index is 12.6. The number of rotatable bonds is 5. The first-order valence-corrected chi connectivity index (χ1v) is 10.9. The number of hydrogen-bond donors (Lipinski definition) is 1. The molecule has 3 heterocycles. The van der Waals surface area contributed by atoms with E-state index in [0.29, 0.717) is 44.1 Å². The van der Waals surface area contributed by atoms with E-state index >= 15 is 0 Å². The number of nitrogens with one attached hydrogen (secondary N) is 1. The van der Waals surface area contributed by atoms with Crippen LogP contribution in [-0.4, -0.2) is 50.2 Å². The normalized spacial score (nSPS) is 19.6. The van der Waals surface area contributed by atoms with E-state index in [9.17, 15) is 13.2 Å². The van der Waals surface area contributed by atoms with Crippen LogP contribution in [0, 0.1) is 6.92 Å². The van der Waals surface area contributed by atoms with E-state index in [0.717, 1.165) is 24.0 Å². The van der Waals surface area contributed by atoms with Gasteiger partial charge in [0.1, 0.15) is 5.76 Å². The molecule has 0 unspecified atom stereocenters. The molecule has 0 spiro atoms. The van der Waals surface area contributed by atoms with Gasteiger partial charge in [-0.05, 0) is 49.4 Å². The summed E-state index contributed by atoms with van der Waals surface area (Å²) in [5, 5.41) is 3.78. The molecule has 4 rings (SSSR count). The summed E-state index contributed by atoms with van der Waals surface area (Å²) in [6, 6.07) is 6.69. The van der Waals surface area contributed by atoms with E-state index in [1.807, 2.05) is 0 Å². The Labute approximate surface area is 163 Å². The fourth-order valence-corrected chi connectivity index (χ4v) is 4.71. The van der Waals surface area contributed by atoms with Gasteiger partial charge in [-0.1, -0.05) is 11.2 Å². The SMILES string of the molecule is Cc1cc(C(=O)N2CCc3cc(S(=O)(=O)NC[C@H]4CCCO4)ccc3C2)no1. The molecule has 150 valence electrons. The van der Waals surface area contributed by atoms with Crippen LogP contribution in [0.15, 0.2) is 33.7 Å². The Hall–Kier alpha value is -2.23. The van der Waals surface area contributed by atoms with Crippen LogP contribution in [0.2, 0.25) is 0 Å². The summed E-state index contributed by atoms with van der Waals surface area (Å²) in [5.41, 5.74) is 2.18. The monoisotopic (exact) mass is 405 g/mol. The Morgan fingerprint density at radius 1 is 1.32 bits per heavy atom. The van der Waals surface area contributed by atoms with E-state index in [4.69, 9.17) is 9.26 Å². The lowest BCUT2D eigenvalue weighted by atomic mass is 9.99. The van der Waals surface area contributed by atoms with Crippen molar-refractivity contribution in [3.63, 3.8) is 0 Å². The van der Waals surface area contributed by atoms with E-state index in [1.165, 1.54) is 0 Å². The molecule has 1 N–H and O–H groups in total. The second-order valence-corrected chi connectivity index (χ2v) is 8.98. The van der Waals surface area contributed by atoms with Gasteiger partial charge in [0.25, 0.3) is 5.91 Å². The number of benzene rings is 1. The number of sulfonamides is 1. The third-order valence-corrected chi connectivity index (χ3v) is 6.58. The fourth-order valence-electron chi connectivity index (χ4n) is 3.59. The topological polar surface area (TPSA) is 102 Å². The standard InChI is InChI=1S/C19H23N3O5S/c1-13-9-18(21-27-13)19(23)22-7-6-14-10-17(5-4-15(14)12-22)28(24,25)20-11-16-3-2-8-26-16/h4-5,9-10,16,20H,2-3,6-8,11-12H2,1H3/t16-/m1/s1. The highest BCUT2D eigenvalue weighted by Crippen LogP contribution is 2.24. The molecule has 0 radical (unpaired) electrons. The number of hydrogen-bond acceptors (Lipinski definition) is 6. The first kappa shape index (κ1) is 19.1. The highest BCUT2D eigenvalue weighted by Gasteiger charge is 2.26. The average Bonchev–Trinajstić information content (AvgIpc) is 3.36. The first-order valence-electron chi connectivity index (χ1n) is 9.38. The van der Waals surface area contributed by atoms with Crippen molar-refractivity contribution in [1.29, 1.82) is 0 Å². The first-order chi connectivity index (χ1) is 13.4. The molecular formula is C19H23N3O5S. The Kier molecular flexibility index (Phi) is 5.22. The number of amides is 1. The molecule has 2 aliphatic rings. The van der Waals surface area contributed by atoms with Crippen LogP contribution in [0.5, 0.6) is 0 Å². The molecule has 0 bridgehead atoms. The molecule has 1 fully saturated rings. The molecular weight excluding hydrogens is 382 g/mol. The zero-order chi connectivity index (χ0) is 19.7. The number of fused-ring (bicyclic) bond motifs is 1. The van der Waals surface area contributed by atoms with Crippen molar-refractivity contribution in [2.75, 3.05) is 19.7 Å². The molecule has 1 saturated heterocycles. The van der Waals surface area contributed by atoms with E-state index < -0.39 is 10.0 Å².